The first-order valence-electron chi connectivity index (χ1n) is 3.04. The average Bonchev–Trinajstić information content (AvgIpc) is 1.87. The molecule has 0 aromatic rings. The number of aliphatic hydroxyl groups excluding tert-OH is 2. The Kier molecular flexibility index (Phi) is 3.32. The predicted octanol–water partition coefficient (Wildman–Crippen LogP) is -1.15. The van der Waals surface area contributed by atoms with Gasteiger partial charge in [0, 0.05) is 11.8 Å². The molecule has 0 aliphatic rings. The van der Waals surface area contributed by atoms with Crippen LogP contribution in [-0.4, -0.2) is 29.3 Å². The Morgan fingerprint density at radius 1 is 1.50 bits per heavy atom. The van der Waals surface area contributed by atoms with Crippen molar-refractivity contribution in [2.45, 2.75) is 13.3 Å². The first-order chi connectivity index (χ1) is 4.54. The van der Waals surface area contributed by atoms with Crippen molar-refractivity contribution in [3.8, 4) is 0 Å². The molecule has 0 radical (unpaired) electrons. The number of rotatable bonds is 4. The molecule has 4 N–H and O–H groups in total. The summed E-state index contributed by atoms with van der Waals surface area (Å²) in [5.41, 5.74) is 4.11. The Bertz CT molecular complexity index is 120. The van der Waals surface area contributed by atoms with E-state index in [-0.39, 0.29) is 19.6 Å². The molecule has 1 amide bonds. The fourth-order valence-electron chi connectivity index (χ4n) is 0.582. The van der Waals surface area contributed by atoms with Gasteiger partial charge in [-0.15, -0.1) is 0 Å². The molecule has 0 unspecified atom stereocenters. The van der Waals surface area contributed by atoms with Gasteiger partial charge in [-0.05, 0) is 0 Å². The van der Waals surface area contributed by atoms with Gasteiger partial charge in [0.1, 0.15) is 0 Å². The molecule has 0 spiro atoms. The quantitative estimate of drug-likeness (QED) is 0.469. The third-order valence-electron chi connectivity index (χ3n) is 1.36. The summed E-state index contributed by atoms with van der Waals surface area (Å²) in [6, 6.07) is 0. The molecule has 0 saturated carbocycles. The third kappa shape index (κ3) is 2.80. The fourth-order valence-corrected chi connectivity index (χ4v) is 0.582. The first-order valence-corrected chi connectivity index (χ1v) is 3.04. The van der Waals surface area contributed by atoms with Crippen LogP contribution < -0.4 is 5.73 Å². The van der Waals surface area contributed by atoms with Crippen LogP contribution in [0.25, 0.3) is 0 Å². The number of hydrogen-bond donors (Lipinski definition) is 3. The van der Waals surface area contributed by atoms with Crippen molar-refractivity contribution in [3.05, 3.63) is 0 Å². The van der Waals surface area contributed by atoms with E-state index in [1.165, 1.54) is 0 Å². The van der Waals surface area contributed by atoms with E-state index in [0.717, 1.165) is 0 Å². The number of carbonyl (C=O) groups is 1. The van der Waals surface area contributed by atoms with E-state index in [0.29, 0.717) is 0 Å². The van der Waals surface area contributed by atoms with Crippen LogP contribution in [0.5, 0.6) is 0 Å². The summed E-state index contributed by atoms with van der Waals surface area (Å²) >= 11 is 0. The number of carbonyl (C=O) groups excluding carboxylic acids is 1. The summed E-state index contributed by atoms with van der Waals surface area (Å²) in [4.78, 5) is 10.3. The van der Waals surface area contributed by atoms with E-state index in [2.05, 4.69) is 0 Å². The molecule has 0 saturated heterocycles. The van der Waals surface area contributed by atoms with Crippen LogP contribution in [0.1, 0.15) is 13.3 Å². The standard InChI is InChI=1S/C6H13NO3/c1-6(3-8,4-9)2-5(7)10/h8-9H,2-4H2,1H3,(H2,7,10). The smallest absolute Gasteiger partial charge is 0.218 e. The van der Waals surface area contributed by atoms with E-state index in [9.17, 15) is 4.79 Å². The Morgan fingerprint density at radius 3 is 2.00 bits per heavy atom. The van der Waals surface area contributed by atoms with Crippen molar-refractivity contribution in [2.24, 2.45) is 11.1 Å². The van der Waals surface area contributed by atoms with Crippen molar-refractivity contribution >= 4 is 5.91 Å². The largest absolute Gasteiger partial charge is 0.396 e. The lowest BCUT2D eigenvalue weighted by molar-refractivity contribution is -0.121. The minimum absolute atomic E-state index is 0.0139. The second-order valence-electron chi connectivity index (χ2n) is 2.77. The van der Waals surface area contributed by atoms with Crippen LogP contribution in [-0.2, 0) is 4.79 Å². The number of amides is 1. The van der Waals surface area contributed by atoms with Crippen LogP contribution in [0.4, 0.5) is 0 Å². The van der Waals surface area contributed by atoms with Gasteiger partial charge in [-0.25, -0.2) is 0 Å². The van der Waals surface area contributed by atoms with Gasteiger partial charge in [-0.3, -0.25) is 4.79 Å². The Hall–Kier alpha value is -0.610. The first kappa shape index (κ1) is 9.39. The molecule has 4 heteroatoms. The Morgan fingerprint density at radius 2 is 1.90 bits per heavy atom. The molecule has 4 nitrogen and oxygen atoms in total. The lowest BCUT2D eigenvalue weighted by Gasteiger charge is -2.21. The van der Waals surface area contributed by atoms with Gasteiger partial charge in [0.05, 0.1) is 13.2 Å². The number of hydrogen-bond acceptors (Lipinski definition) is 3. The van der Waals surface area contributed by atoms with E-state index in [4.69, 9.17) is 15.9 Å². The molecule has 10 heavy (non-hydrogen) atoms. The summed E-state index contributed by atoms with van der Waals surface area (Å²) in [6.45, 7) is 1.14. The van der Waals surface area contributed by atoms with E-state index in [1.54, 1.807) is 6.92 Å². The van der Waals surface area contributed by atoms with E-state index >= 15 is 0 Å². The number of aliphatic hydroxyl groups is 2. The highest BCUT2D eigenvalue weighted by Crippen LogP contribution is 2.18. The summed E-state index contributed by atoms with van der Waals surface area (Å²) < 4.78 is 0. The highest BCUT2D eigenvalue weighted by molar-refractivity contribution is 5.74. The fraction of sp³-hybridized carbons (Fsp3) is 0.833. The van der Waals surface area contributed by atoms with Gasteiger partial charge in [-0.1, -0.05) is 6.92 Å². The van der Waals surface area contributed by atoms with Crippen molar-refractivity contribution < 1.29 is 15.0 Å². The van der Waals surface area contributed by atoms with Crippen molar-refractivity contribution in [1.82, 2.24) is 0 Å². The van der Waals surface area contributed by atoms with Crippen LogP contribution in [0.3, 0.4) is 0 Å². The second kappa shape index (κ2) is 3.53. The van der Waals surface area contributed by atoms with Gasteiger partial charge in [-0.2, -0.15) is 0 Å². The topological polar surface area (TPSA) is 83.6 Å². The molecular formula is C6H13NO3. The van der Waals surface area contributed by atoms with Crippen LogP contribution in [0, 0.1) is 5.41 Å². The molecular weight excluding hydrogens is 134 g/mol. The molecule has 0 atom stereocenters. The van der Waals surface area contributed by atoms with E-state index < -0.39 is 11.3 Å². The van der Waals surface area contributed by atoms with E-state index in [1.807, 2.05) is 0 Å². The monoisotopic (exact) mass is 147 g/mol. The Balaban J connectivity index is 3.92. The number of nitrogens with two attached hydrogens (primary N) is 1. The Labute approximate surface area is 59.7 Å². The zero-order valence-electron chi connectivity index (χ0n) is 6.00. The zero-order valence-corrected chi connectivity index (χ0v) is 6.00. The van der Waals surface area contributed by atoms with Gasteiger partial charge >= 0.3 is 0 Å². The lowest BCUT2D eigenvalue weighted by atomic mass is 9.89. The highest BCUT2D eigenvalue weighted by Gasteiger charge is 2.24. The molecule has 60 valence electrons. The molecule has 0 bridgehead atoms. The lowest BCUT2D eigenvalue weighted by Crippen LogP contribution is -2.31. The third-order valence-corrected chi connectivity index (χ3v) is 1.36. The van der Waals surface area contributed by atoms with Crippen molar-refractivity contribution in [2.75, 3.05) is 13.2 Å². The van der Waals surface area contributed by atoms with Crippen molar-refractivity contribution in [3.63, 3.8) is 0 Å². The van der Waals surface area contributed by atoms with Crippen molar-refractivity contribution in [1.29, 1.82) is 0 Å². The summed E-state index contributed by atoms with van der Waals surface area (Å²) in [6.07, 6.45) is 0.0139. The van der Waals surface area contributed by atoms with Crippen LogP contribution in [0.15, 0.2) is 0 Å². The van der Waals surface area contributed by atoms with Gasteiger partial charge in [0.2, 0.25) is 5.91 Å². The normalized spacial score (nSPS) is 11.5. The SMILES string of the molecule is CC(CO)(CO)CC(N)=O. The van der Waals surface area contributed by atoms with Gasteiger partial charge in [0.15, 0.2) is 0 Å². The summed E-state index contributed by atoms with van der Waals surface area (Å²) in [7, 11) is 0. The molecule has 0 aromatic carbocycles. The van der Waals surface area contributed by atoms with Gasteiger partial charge < -0.3 is 15.9 Å². The average molecular weight is 147 g/mol. The minimum atomic E-state index is -0.758. The van der Waals surface area contributed by atoms with Crippen LogP contribution in [0.2, 0.25) is 0 Å². The second-order valence-corrected chi connectivity index (χ2v) is 2.77. The van der Waals surface area contributed by atoms with Crippen LogP contribution >= 0.6 is 0 Å². The zero-order chi connectivity index (χ0) is 8.20. The predicted molar refractivity (Wildman–Crippen MR) is 36.1 cm³/mol. The maximum Gasteiger partial charge on any atom is 0.218 e. The molecule has 0 aliphatic carbocycles. The summed E-state index contributed by atoms with van der Waals surface area (Å²) in [5.74, 6) is -0.509. The number of primary amides is 1. The molecule has 0 heterocycles. The maximum atomic E-state index is 10.3. The molecule has 0 rings (SSSR count). The minimum Gasteiger partial charge on any atom is -0.396 e. The molecule has 0 aromatic heterocycles. The highest BCUT2D eigenvalue weighted by atomic mass is 16.3. The maximum absolute atomic E-state index is 10.3. The molecule has 0 aliphatic heterocycles. The molecule has 0 fully saturated rings. The summed E-state index contributed by atoms with van der Waals surface area (Å²) in [5, 5.41) is 17.3. The van der Waals surface area contributed by atoms with Gasteiger partial charge in [0.25, 0.3) is 0 Å².